The summed E-state index contributed by atoms with van der Waals surface area (Å²) in [5, 5.41) is 0. The summed E-state index contributed by atoms with van der Waals surface area (Å²) >= 11 is 5.52. The lowest BCUT2D eigenvalue weighted by atomic mass is 10.4. The second kappa shape index (κ2) is 4.59. The minimum atomic E-state index is -3.27. The maximum absolute atomic E-state index is 11.6. The number of nitrogens with zero attached hydrogens (tertiary/aromatic N) is 1. The third-order valence-electron chi connectivity index (χ3n) is 1.99. The fraction of sp³-hybridized carbons (Fsp3) is 1.00. The fourth-order valence-electron chi connectivity index (χ4n) is 1.29. The second-order valence-corrected chi connectivity index (χ2v) is 5.30. The summed E-state index contributed by atoms with van der Waals surface area (Å²) in [6, 6.07) is -0.202. The number of hydrogen-bond acceptors (Lipinski definition) is 2. The van der Waals surface area contributed by atoms with E-state index in [9.17, 15) is 8.42 Å². The van der Waals surface area contributed by atoms with Crippen LogP contribution in [0.3, 0.4) is 0 Å². The van der Waals surface area contributed by atoms with Crippen LogP contribution in [0.25, 0.3) is 0 Å². The van der Waals surface area contributed by atoms with Gasteiger partial charge in [-0.15, -0.1) is 11.6 Å². The molecule has 1 N–H and O–H groups in total. The Morgan fingerprint density at radius 2 is 2.00 bits per heavy atom. The molecule has 0 radical (unpaired) electrons. The van der Waals surface area contributed by atoms with Gasteiger partial charge in [-0.25, -0.2) is 0 Å². The maximum atomic E-state index is 11.6. The average molecular weight is 227 g/mol. The zero-order chi connectivity index (χ0) is 9.90. The van der Waals surface area contributed by atoms with Crippen molar-refractivity contribution in [3.05, 3.63) is 0 Å². The van der Waals surface area contributed by atoms with E-state index in [2.05, 4.69) is 4.72 Å². The number of rotatable bonds is 4. The van der Waals surface area contributed by atoms with Crippen LogP contribution in [0.1, 0.15) is 19.8 Å². The topological polar surface area (TPSA) is 49.4 Å². The van der Waals surface area contributed by atoms with Gasteiger partial charge in [-0.2, -0.15) is 17.4 Å². The second-order valence-electron chi connectivity index (χ2n) is 3.28. The molecule has 0 saturated carbocycles. The third-order valence-corrected chi connectivity index (χ3v) is 4.19. The van der Waals surface area contributed by atoms with Crippen LogP contribution in [0.4, 0.5) is 0 Å². The van der Waals surface area contributed by atoms with Crippen LogP contribution in [0.15, 0.2) is 0 Å². The smallest absolute Gasteiger partial charge is 0.198 e. The summed E-state index contributed by atoms with van der Waals surface area (Å²) in [6.45, 7) is 3.01. The first kappa shape index (κ1) is 11.2. The lowest BCUT2D eigenvalue weighted by Crippen LogP contribution is -2.43. The molecule has 13 heavy (non-hydrogen) atoms. The number of nitrogens with one attached hydrogen (secondary N) is 1. The molecular weight excluding hydrogens is 212 g/mol. The molecule has 1 saturated heterocycles. The number of hydrogen-bond donors (Lipinski definition) is 1. The van der Waals surface area contributed by atoms with Crippen molar-refractivity contribution in [2.24, 2.45) is 0 Å². The van der Waals surface area contributed by atoms with E-state index < -0.39 is 10.2 Å². The van der Waals surface area contributed by atoms with E-state index in [1.807, 2.05) is 0 Å². The van der Waals surface area contributed by atoms with Gasteiger partial charge in [0.1, 0.15) is 0 Å². The predicted octanol–water partition coefficient (Wildman–Crippen LogP) is 0.544. The summed E-state index contributed by atoms with van der Waals surface area (Å²) in [6.07, 6.45) is 1.91. The molecule has 1 heterocycles. The third kappa shape index (κ3) is 3.09. The molecule has 1 fully saturated rings. The largest absolute Gasteiger partial charge is 0.279 e. The fourth-order valence-corrected chi connectivity index (χ4v) is 2.94. The van der Waals surface area contributed by atoms with Crippen molar-refractivity contribution in [2.45, 2.75) is 25.8 Å². The van der Waals surface area contributed by atoms with Crippen molar-refractivity contribution >= 4 is 21.8 Å². The maximum Gasteiger partial charge on any atom is 0.279 e. The Kier molecular flexibility index (Phi) is 3.97. The van der Waals surface area contributed by atoms with Gasteiger partial charge < -0.3 is 0 Å². The van der Waals surface area contributed by atoms with Gasteiger partial charge in [-0.05, 0) is 19.8 Å². The van der Waals surface area contributed by atoms with E-state index in [-0.39, 0.29) is 6.04 Å². The van der Waals surface area contributed by atoms with E-state index in [1.54, 1.807) is 6.92 Å². The number of halogens is 1. The van der Waals surface area contributed by atoms with Gasteiger partial charge >= 0.3 is 0 Å². The molecule has 6 heteroatoms. The van der Waals surface area contributed by atoms with Crippen LogP contribution in [-0.4, -0.2) is 37.7 Å². The predicted molar refractivity (Wildman–Crippen MR) is 53.0 cm³/mol. The minimum absolute atomic E-state index is 0.202. The van der Waals surface area contributed by atoms with Gasteiger partial charge in [-0.3, -0.25) is 0 Å². The molecule has 0 aliphatic carbocycles. The van der Waals surface area contributed by atoms with E-state index >= 15 is 0 Å². The molecule has 0 bridgehead atoms. The summed E-state index contributed by atoms with van der Waals surface area (Å²) < 4.78 is 27.1. The van der Waals surface area contributed by atoms with Crippen LogP contribution in [0.2, 0.25) is 0 Å². The molecule has 4 nitrogen and oxygen atoms in total. The molecule has 78 valence electrons. The lowest BCUT2D eigenvalue weighted by molar-refractivity contribution is 0.459. The molecule has 0 aromatic carbocycles. The van der Waals surface area contributed by atoms with Gasteiger partial charge in [0, 0.05) is 25.0 Å². The molecule has 0 spiro atoms. The van der Waals surface area contributed by atoms with E-state index in [0.29, 0.717) is 19.0 Å². The van der Waals surface area contributed by atoms with Crippen molar-refractivity contribution in [2.75, 3.05) is 19.0 Å². The Labute approximate surface area is 84.4 Å². The van der Waals surface area contributed by atoms with Crippen LogP contribution in [0.5, 0.6) is 0 Å². The van der Waals surface area contributed by atoms with E-state index in [1.165, 1.54) is 4.31 Å². The zero-order valence-electron chi connectivity index (χ0n) is 7.66. The van der Waals surface area contributed by atoms with E-state index in [4.69, 9.17) is 11.6 Å². The lowest BCUT2D eigenvalue weighted by Gasteiger charge is -2.18. The van der Waals surface area contributed by atoms with Crippen molar-refractivity contribution < 1.29 is 8.42 Å². The minimum Gasteiger partial charge on any atom is -0.198 e. The van der Waals surface area contributed by atoms with Crippen molar-refractivity contribution in [3.8, 4) is 0 Å². The Morgan fingerprint density at radius 3 is 2.46 bits per heavy atom. The molecule has 0 aromatic rings. The molecule has 1 rings (SSSR count). The Bertz CT molecular complexity index is 249. The van der Waals surface area contributed by atoms with Gasteiger partial charge in [0.25, 0.3) is 10.2 Å². The first-order valence-corrected chi connectivity index (χ1v) is 6.37. The van der Waals surface area contributed by atoms with Crippen LogP contribution >= 0.6 is 11.6 Å². The van der Waals surface area contributed by atoms with Crippen molar-refractivity contribution in [1.29, 1.82) is 0 Å². The Hall–Kier alpha value is 0.160. The van der Waals surface area contributed by atoms with Gasteiger partial charge in [-0.1, -0.05) is 0 Å². The molecule has 0 aromatic heterocycles. The van der Waals surface area contributed by atoms with Crippen LogP contribution in [0, 0.1) is 0 Å². The monoisotopic (exact) mass is 226 g/mol. The Balaban J connectivity index is 2.54. The van der Waals surface area contributed by atoms with E-state index in [0.717, 1.165) is 12.8 Å². The highest BCUT2D eigenvalue weighted by Crippen LogP contribution is 2.11. The first-order valence-electron chi connectivity index (χ1n) is 4.39. The average Bonchev–Trinajstić information content (AvgIpc) is 2.55. The molecule has 1 aliphatic heterocycles. The Morgan fingerprint density at radius 1 is 1.46 bits per heavy atom. The summed E-state index contributed by atoms with van der Waals surface area (Å²) in [5.41, 5.74) is 0. The SMILES string of the molecule is CC(CCl)NS(=O)(=O)N1CCCC1. The summed E-state index contributed by atoms with van der Waals surface area (Å²) in [7, 11) is -3.27. The standard InChI is InChI=1S/C7H15ClN2O2S/c1-7(6-8)9-13(11,12)10-4-2-3-5-10/h7,9H,2-6H2,1H3. The van der Waals surface area contributed by atoms with Crippen molar-refractivity contribution in [1.82, 2.24) is 9.03 Å². The summed E-state index contributed by atoms with van der Waals surface area (Å²) in [5.74, 6) is 0.299. The first-order chi connectivity index (χ1) is 6.06. The van der Waals surface area contributed by atoms with Crippen molar-refractivity contribution in [3.63, 3.8) is 0 Å². The molecule has 1 atom stereocenters. The van der Waals surface area contributed by atoms with Gasteiger partial charge in [0.05, 0.1) is 0 Å². The highest BCUT2D eigenvalue weighted by molar-refractivity contribution is 7.87. The summed E-state index contributed by atoms with van der Waals surface area (Å²) in [4.78, 5) is 0. The van der Waals surface area contributed by atoms with Gasteiger partial charge in [0.2, 0.25) is 0 Å². The molecular formula is C7H15ClN2O2S. The molecule has 1 aliphatic rings. The van der Waals surface area contributed by atoms with Gasteiger partial charge in [0.15, 0.2) is 0 Å². The normalized spacial score (nSPS) is 22.0. The highest BCUT2D eigenvalue weighted by Gasteiger charge is 2.25. The number of alkyl halides is 1. The van der Waals surface area contributed by atoms with Crippen LogP contribution in [-0.2, 0) is 10.2 Å². The quantitative estimate of drug-likeness (QED) is 0.712. The zero-order valence-corrected chi connectivity index (χ0v) is 9.24. The van der Waals surface area contributed by atoms with Crippen LogP contribution < -0.4 is 4.72 Å². The highest BCUT2D eigenvalue weighted by atomic mass is 35.5. The molecule has 1 unspecified atom stereocenters. The molecule has 0 amide bonds.